The van der Waals surface area contributed by atoms with E-state index in [1.54, 1.807) is 0 Å². The second-order valence-corrected chi connectivity index (χ2v) is 5.04. The molecule has 2 aromatic rings. The molecule has 3 N–H and O–H groups in total. The maximum absolute atomic E-state index is 4.48. The maximum Gasteiger partial charge on any atom is 0.157 e. The molecule has 3 heterocycles. The molecule has 0 saturated carbocycles. The predicted molar refractivity (Wildman–Crippen MR) is 72.9 cm³/mol. The molecule has 1 saturated heterocycles. The fraction of sp³-hybridized carbons (Fsp3) is 0.538. The van der Waals surface area contributed by atoms with Crippen LogP contribution in [0.2, 0.25) is 0 Å². The average molecular weight is 245 g/mol. The fourth-order valence-electron chi connectivity index (χ4n) is 2.65. The van der Waals surface area contributed by atoms with E-state index in [0.29, 0.717) is 6.04 Å². The second kappa shape index (κ2) is 4.57. The van der Waals surface area contributed by atoms with Crippen LogP contribution < -0.4 is 10.6 Å². The Kier molecular flexibility index (Phi) is 2.91. The van der Waals surface area contributed by atoms with Gasteiger partial charge in [-0.25, -0.2) is 4.98 Å². The number of aromatic nitrogens is 3. The SMILES string of the molecule is Cc1cc(C)c2c(NC3CCNCC3)n[nH]c2n1. The summed E-state index contributed by atoms with van der Waals surface area (Å²) >= 11 is 0. The van der Waals surface area contributed by atoms with Crippen molar-refractivity contribution in [3.05, 3.63) is 17.3 Å². The minimum absolute atomic E-state index is 0.512. The predicted octanol–water partition coefficient (Wildman–Crippen LogP) is 1.74. The zero-order valence-corrected chi connectivity index (χ0v) is 10.9. The van der Waals surface area contributed by atoms with E-state index in [9.17, 15) is 0 Å². The number of aromatic amines is 1. The molecule has 5 nitrogen and oxygen atoms in total. The van der Waals surface area contributed by atoms with Crippen molar-refractivity contribution in [1.29, 1.82) is 0 Å². The van der Waals surface area contributed by atoms with Gasteiger partial charge in [-0.3, -0.25) is 5.10 Å². The van der Waals surface area contributed by atoms with E-state index in [4.69, 9.17) is 0 Å². The molecule has 0 aliphatic carbocycles. The Labute approximate surface area is 106 Å². The van der Waals surface area contributed by atoms with Crippen LogP contribution in [0.15, 0.2) is 6.07 Å². The highest BCUT2D eigenvalue weighted by molar-refractivity contribution is 5.90. The van der Waals surface area contributed by atoms with Crippen molar-refractivity contribution in [1.82, 2.24) is 20.5 Å². The smallest absolute Gasteiger partial charge is 0.157 e. The van der Waals surface area contributed by atoms with Crippen molar-refractivity contribution < 1.29 is 0 Å². The maximum atomic E-state index is 4.48. The van der Waals surface area contributed by atoms with Gasteiger partial charge in [-0.15, -0.1) is 0 Å². The molecule has 0 amide bonds. The van der Waals surface area contributed by atoms with Crippen LogP contribution in [-0.4, -0.2) is 34.3 Å². The summed E-state index contributed by atoms with van der Waals surface area (Å²) in [6, 6.07) is 2.62. The van der Waals surface area contributed by atoms with Crippen LogP contribution in [-0.2, 0) is 0 Å². The first-order valence-corrected chi connectivity index (χ1v) is 6.53. The Bertz CT molecular complexity index is 554. The van der Waals surface area contributed by atoms with Crippen LogP contribution in [0.3, 0.4) is 0 Å². The van der Waals surface area contributed by atoms with Crippen LogP contribution >= 0.6 is 0 Å². The summed E-state index contributed by atoms with van der Waals surface area (Å²) in [7, 11) is 0. The summed E-state index contributed by atoms with van der Waals surface area (Å²) in [6.45, 7) is 6.28. The molecule has 0 spiro atoms. The van der Waals surface area contributed by atoms with Gasteiger partial charge in [0.2, 0.25) is 0 Å². The monoisotopic (exact) mass is 245 g/mol. The first-order chi connectivity index (χ1) is 8.74. The molecule has 3 rings (SSSR count). The quantitative estimate of drug-likeness (QED) is 0.754. The molecular formula is C13H19N5. The van der Waals surface area contributed by atoms with Gasteiger partial charge >= 0.3 is 0 Å². The van der Waals surface area contributed by atoms with Crippen LogP contribution in [0.5, 0.6) is 0 Å². The molecule has 1 aliphatic rings. The lowest BCUT2D eigenvalue weighted by molar-refractivity contribution is 0.478. The number of pyridine rings is 1. The van der Waals surface area contributed by atoms with Crippen LogP contribution in [0.4, 0.5) is 5.82 Å². The molecule has 5 heteroatoms. The number of nitrogens with zero attached hydrogens (tertiary/aromatic N) is 2. The van der Waals surface area contributed by atoms with Gasteiger partial charge < -0.3 is 10.6 Å². The molecule has 1 fully saturated rings. The number of piperidine rings is 1. The minimum Gasteiger partial charge on any atom is -0.365 e. The molecular weight excluding hydrogens is 226 g/mol. The first kappa shape index (κ1) is 11.5. The zero-order chi connectivity index (χ0) is 12.5. The van der Waals surface area contributed by atoms with Gasteiger partial charge in [0.25, 0.3) is 0 Å². The fourth-order valence-corrected chi connectivity index (χ4v) is 2.65. The number of fused-ring (bicyclic) bond motifs is 1. The standard InChI is InChI=1S/C13H19N5/c1-8-7-9(2)15-12-11(8)13(18-17-12)16-10-3-5-14-6-4-10/h7,10,14H,3-6H2,1-2H3,(H2,15,16,17,18). The number of hydrogen-bond donors (Lipinski definition) is 3. The number of rotatable bonds is 2. The van der Waals surface area contributed by atoms with E-state index in [2.05, 4.69) is 38.8 Å². The van der Waals surface area contributed by atoms with Crippen molar-refractivity contribution in [2.24, 2.45) is 0 Å². The first-order valence-electron chi connectivity index (χ1n) is 6.53. The minimum atomic E-state index is 0.512. The van der Waals surface area contributed by atoms with Gasteiger partial charge in [0.15, 0.2) is 11.5 Å². The lowest BCUT2D eigenvalue weighted by Gasteiger charge is -2.23. The van der Waals surface area contributed by atoms with E-state index in [1.165, 1.54) is 5.56 Å². The summed E-state index contributed by atoms with van der Waals surface area (Å²) in [5.74, 6) is 0.946. The average Bonchev–Trinajstić information content (AvgIpc) is 2.73. The molecule has 96 valence electrons. The number of anilines is 1. The van der Waals surface area contributed by atoms with Crippen molar-refractivity contribution in [2.45, 2.75) is 32.7 Å². The topological polar surface area (TPSA) is 65.6 Å². The normalized spacial score (nSPS) is 17.2. The molecule has 2 aromatic heterocycles. The van der Waals surface area contributed by atoms with Gasteiger partial charge in [0, 0.05) is 11.7 Å². The van der Waals surface area contributed by atoms with Crippen LogP contribution in [0, 0.1) is 13.8 Å². The molecule has 1 aliphatic heterocycles. The van der Waals surface area contributed by atoms with Gasteiger partial charge in [-0.05, 0) is 51.4 Å². The number of aryl methyl sites for hydroxylation is 2. The lowest BCUT2D eigenvalue weighted by Crippen LogP contribution is -2.35. The Morgan fingerprint density at radius 3 is 2.83 bits per heavy atom. The van der Waals surface area contributed by atoms with Gasteiger partial charge in [-0.2, -0.15) is 5.10 Å². The zero-order valence-electron chi connectivity index (χ0n) is 10.9. The molecule has 0 atom stereocenters. The van der Waals surface area contributed by atoms with Crippen molar-refractivity contribution in [2.75, 3.05) is 18.4 Å². The number of nitrogens with one attached hydrogen (secondary N) is 3. The lowest BCUT2D eigenvalue weighted by atomic mass is 10.1. The van der Waals surface area contributed by atoms with E-state index in [0.717, 1.165) is 48.5 Å². The molecule has 0 bridgehead atoms. The molecule has 0 radical (unpaired) electrons. The third-order valence-electron chi connectivity index (χ3n) is 3.54. The van der Waals surface area contributed by atoms with Gasteiger partial charge in [0.1, 0.15) is 0 Å². The highest BCUT2D eigenvalue weighted by atomic mass is 15.2. The van der Waals surface area contributed by atoms with Crippen LogP contribution in [0.1, 0.15) is 24.1 Å². The van der Waals surface area contributed by atoms with Crippen molar-refractivity contribution in [3.8, 4) is 0 Å². The summed E-state index contributed by atoms with van der Waals surface area (Å²) in [5.41, 5.74) is 3.13. The Hall–Kier alpha value is -1.62. The van der Waals surface area contributed by atoms with Crippen molar-refractivity contribution in [3.63, 3.8) is 0 Å². The third kappa shape index (κ3) is 2.06. The Balaban J connectivity index is 1.92. The van der Waals surface area contributed by atoms with E-state index < -0.39 is 0 Å². The Morgan fingerprint density at radius 1 is 1.28 bits per heavy atom. The number of hydrogen-bond acceptors (Lipinski definition) is 4. The van der Waals surface area contributed by atoms with Crippen LogP contribution in [0.25, 0.3) is 11.0 Å². The molecule has 0 aromatic carbocycles. The summed E-state index contributed by atoms with van der Waals surface area (Å²) in [4.78, 5) is 4.48. The summed E-state index contributed by atoms with van der Waals surface area (Å²) < 4.78 is 0. The Morgan fingerprint density at radius 2 is 2.06 bits per heavy atom. The summed E-state index contributed by atoms with van der Waals surface area (Å²) in [5, 5.41) is 15.4. The highest BCUT2D eigenvalue weighted by Gasteiger charge is 2.16. The summed E-state index contributed by atoms with van der Waals surface area (Å²) in [6.07, 6.45) is 2.29. The van der Waals surface area contributed by atoms with E-state index >= 15 is 0 Å². The second-order valence-electron chi connectivity index (χ2n) is 5.04. The van der Waals surface area contributed by atoms with Gasteiger partial charge in [-0.1, -0.05) is 0 Å². The van der Waals surface area contributed by atoms with E-state index in [1.807, 2.05) is 6.92 Å². The van der Waals surface area contributed by atoms with E-state index in [-0.39, 0.29) is 0 Å². The number of H-pyrrole nitrogens is 1. The highest BCUT2D eigenvalue weighted by Crippen LogP contribution is 2.25. The molecule has 0 unspecified atom stereocenters. The largest absolute Gasteiger partial charge is 0.365 e. The van der Waals surface area contributed by atoms with Gasteiger partial charge in [0.05, 0.1) is 5.39 Å². The third-order valence-corrected chi connectivity index (χ3v) is 3.54. The molecule has 18 heavy (non-hydrogen) atoms. The van der Waals surface area contributed by atoms with Crippen molar-refractivity contribution >= 4 is 16.9 Å².